The molecule has 0 unspecified atom stereocenters. The van der Waals surface area contributed by atoms with E-state index in [0.717, 1.165) is 4.90 Å². The number of rotatable bonds is 7. The molecular formula is C23H20ClN5O5. The molecule has 0 saturated heterocycles. The lowest BCUT2D eigenvalue weighted by Crippen LogP contribution is -2.49. The zero-order valence-corrected chi connectivity index (χ0v) is 19.0. The van der Waals surface area contributed by atoms with Crippen molar-refractivity contribution in [3.05, 3.63) is 71.3 Å². The Bertz CT molecular complexity index is 1240. The number of anilines is 1. The van der Waals surface area contributed by atoms with Crippen LogP contribution in [0.1, 0.15) is 34.6 Å². The number of nitrogens with zero attached hydrogens (tertiary/aromatic N) is 4. The van der Waals surface area contributed by atoms with Crippen molar-refractivity contribution in [1.82, 2.24) is 19.7 Å². The molecule has 174 valence electrons. The summed E-state index contributed by atoms with van der Waals surface area (Å²) in [6, 6.07) is 9.96. The Labute approximate surface area is 199 Å². The number of fused-ring (bicyclic) bond motifs is 1. The number of halogens is 1. The summed E-state index contributed by atoms with van der Waals surface area (Å²) in [5.74, 6) is -3.08. The third-order valence-electron chi connectivity index (χ3n) is 5.22. The molecule has 0 spiro atoms. The van der Waals surface area contributed by atoms with Crippen molar-refractivity contribution in [2.24, 2.45) is 5.92 Å². The molecule has 1 aromatic heterocycles. The highest BCUT2D eigenvalue weighted by Gasteiger charge is 2.44. The molecule has 1 aliphatic heterocycles. The molecule has 0 radical (unpaired) electrons. The zero-order valence-electron chi connectivity index (χ0n) is 18.3. The molecule has 0 bridgehead atoms. The molecule has 1 aliphatic rings. The number of benzene rings is 2. The van der Waals surface area contributed by atoms with Crippen molar-refractivity contribution in [3.63, 3.8) is 0 Å². The van der Waals surface area contributed by atoms with Crippen molar-refractivity contribution in [2.45, 2.75) is 19.9 Å². The number of hydrogen-bond acceptors (Lipinski definition) is 7. The van der Waals surface area contributed by atoms with Crippen LogP contribution in [-0.4, -0.2) is 56.0 Å². The van der Waals surface area contributed by atoms with Gasteiger partial charge in [-0.25, -0.2) is 14.5 Å². The van der Waals surface area contributed by atoms with Crippen LogP contribution in [0.2, 0.25) is 5.02 Å². The number of nitrogens with one attached hydrogen (secondary N) is 1. The summed E-state index contributed by atoms with van der Waals surface area (Å²) in [6.07, 6.45) is 2.79. The molecule has 0 saturated carbocycles. The Balaban J connectivity index is 1.46. The summed E-state index contributed by atoms with van der Waals surface area (Å²) in [6.45, 7) is 2.74. The largest absolute Gasteiger partial charge is 0.454 e. The number of ether oxygens (including phenoxy) is 1. The van der Waals surface area contributed by atoms with E-state index in [4.69, 9.17) is 16.3 Å². The minimum atomic E-state index is -1.18. The summed E-state index contributed by atoms with van der Waals surface area (Å²) >= 11 is 6.05. The number of aromatic nitrogens is 3. The lowest BCUT2D eigenvalue weighted by molar-refractivity contribution is -0.152. The van der Waals surface area contributed by atoms with Gasteiger partial charge in [0.1, 0.15) is 18.7 Å². The van der Waals surface area contributed by atoms with Gasteiger partial charge in [-0.15, -0.1) is 0 Å². The normalized spacial score (nSPS) is 13.7. The van der Waals surface area contributed by atoms with E-state index in [-0.39, 0.29) is 11.1 Å². The first-order valence-electron chi connectivity index (χ1n) is 10.4. The van der Waals surface area contributed by atoms with Crippen molar-refractivity contribution < 1.29 is 23.9 Å². The second-order valence-electron chi connectivity index (χ2n) is 7.87. The summed E-state index contributed by atoms with van der Waals surface area (Å²) in [5.41, 5.74) is 1.29. The van der Waals surface area contributed by atoms with E-state index in [1.54, 1.807) is 38.1 Å². The van der Waals surface area contributed by atoms with E-state index >= 15 is 0 Å². The highest BCUT2D eigenvalue weighted by molar-refractivity contribution is 6.31. The first-order valence-corrected chi connectivity index (χ1v) is 10.7. The number of esters is 1. The van der Waals surface area contributed by atoms with Crippen LogP contribution in [0.15, 0.2) is 55.1 Å². The molecule has 10 nitrogen and oxygen atoms in total. The molecule has 11 heteroatoms. The molecule has 34 heavy (non-hydrogen) atoms. The van der Waals surface area contributed by atoms with Crippen LogP contribution in [0.5, 0.6) is 0 Å². The van der Waals surface area contributed by atoms with Gasteiger partial charge in [-0.3, -0.25) is 19.3 Å². The minimum Gasteiger partial charge on any atom is -0.454 e. The SMILES string of the molecule is CC(C)[C@@H](C(=O)OCC(=O)Nc1cc(Cl)ccc1-n1cncn1)N1C(=O)c2ccccc2C1=O. The second-order valence-corrected chi connectivity index (χ2v) is 8.31. The van der Waals surface area contributed by atoms with Crippen LogP contribution in [0.3, 0.4) is 0 Å². The van der Waals surface area contributed by atoms with Gasteiger partial charge in [-0.05, 0) is 36.2 Å². The van der Waals surface area contributed by atoms with Crippen LogP contribution in [0.25, 0.3) is 5.69 Å². The highest BCUT2D eigenvalue weighted by Crippen LogP contribution is 2.28. The number of carbonyl (C=O) groups is 4. The maximum atomic E-state index is 12.9. The molecule has 2 aromatic carbocycles. The van der Waals surface area contributed by atoms with Gasteiger partial charge in [0.2, 0.25) is 0 Å². The van der Waals surface area contributed by atoms with Gasteiger partial charge in [-0.1, -0.05) is 37.6 Å². The molecule has 2 heterocycles. The second kappa shape index (κ2) is 9.44. The average molecular weight is 482 g/mol. The Morgan fingerprint density at radius 3 is 2.35 bits per heavy atom. The summed E-state index contributed by atoms with van der Waals surface area (Å²) in [4.78, 5) is 55.8. The predicted octanol–water partition coefficient (Wildman–Crippen LogP) is 2.72. The maximum absolute atomic E-state index is 12.9. The first kappa shape index (κ1) is 23.1. The van der Waals surface area contributed by atoms with Gasteiger partial charge < -0.3 is 10.1 Å². The molecule has 4 rings (SSSR count). The van der Waals surface area contributed by atoms with E-state index in [1.165, 1.54) is 35.5 Å². The quantitative estimate of drug-likeness (QED) is 0.406. The molecule has 0 aliphatic carbocycles. The summed E-state index contributed by atoms with van der Waals surface area (Å²) in [5, 5.41) is 7.04. The fourth-order valence-electron chi connectivity index (χ4n) is 3.69. The molecule has 0 fully saturated rings. The molecule has 3 amide bonds. The molecule has 1 atom stereocenters. The van der Waals surface area contributed by atoms with Gasteiger partial charge in [-0.2, -0.15) is 5.10 Å². The molecular weight excluding hydrogens is 462 g/mol. The van der Waals surface area contributed by atoms with Crippen molar-refractivity contribution in [3.8, 4) is 5.69 Å². The lowest BCUT2D eigenvalue weighted by atomic mass is 10.0. The smallest absolute Gasteiger partial charge is 0.330 e. The summed E-state index contributed by atoms with van der Waals surface area (Å²) < 4.78 is 6.64. The van der Waals surface area contributed by atoms with Crippen molar-refractivity contribution >= 4 is 41.0 Å². The van der Waals surface area contributed by atoms with E-state index in [9.17, 15) is 19.2 Å². The Hall–Kier alpha value is -4.05. The lowest BCUT2D eigenvalue weighted by Gasteiger charge is -2.27. The van der Waals surface area contributed by atoms with E-state index < -0.39 is 42.3 Å². The van der Waals surface area contributed by atoms with Crippen LogP contribution < -0.4 is 5.32 Å². The van der Waals surface area contributed by atoms with Crippen LogP contribution in [0.4, 0.5) is 5.69 Å². The Morgan fingerprint density at radius 2 is 1.76 bits per heavy atom. The van der Waals surface area contributed by atoms with Gasteiger partial charge in [0.25, 0.3) is 17.7 Å². The van der Waals surface area contributed by atoms with E-state index in [1.807, 2.05) is 0 Å². The van der Waals surface area contributed by atoms with E-state index in [0.29, 0.717) is 16.4 Å². The highest BCUT2D eigenvalue weighted by atomic mass is 35.5. The number of imide groups is 1. The average Bonchev–Trinajstić information content (AvgIpc) is 3.42. The fraction of sp³-hybridized carbons (Fsp3) is 0.217. The number of carbonyl (C=O) groups excluding carboxylic acids is 4. The van der Waals surface area contributed by atoms with Crippen LogP contribution >= 0.6 is 11.6 Å². The van der Waals surface area contributed by atoms with Gasteiger partial charge in [0.15, 0.2) is 6.61 Å². The molecule has 1 N–H and O–H groups in total. The van der Waals surface area contributed by atoms with Gasteiger partial charge in [0, 0.05) is 5.02 Å². The van der Waals surface area contributed by atoms with E-state index in [2.05, 4.69) is 15.4 Å². The summed E-state index contributed by atoms with van der Waals surface area (Å²) in [7, 11) is 0. The van der Waals surface area contributed by atoms with Crippen molar-refractivity contribution in [1.29, 1.82) is 0 Å². The van der Waals surface area contributed by atoms with Gasteiger partial charge in [0.05, 0.1) is 22.5 Å². The number of amides is 3. The molecule has 3 aromatic rings. The van der Waals surface area contributed by atoms with Gasteiger partial charge >= 0.3 is 5.97 Å². The predicted molar refractivity (Wildman–Crippen MR) is 122 cm³/mol. The van der Waals surface area contributed by atoms with Crippen LogP contribution in [-0.2, 0) is 14.3 Å². The Morgan fingerprint density at radius 1 is 1.09 bits per heavy atom. The number of hydrogen-bond donors (Lipinski definition) is 1. The fourth-order valence-corrected chi connectivity index (χ4v) is 3.86. The van der Waals surface area contributed by atoms with Crippen molar-refractivity contribution in [2.75, 3.05) is 11.9 Å². The van der Waals surface area contributed by atoms with Crippen LogP contribution in [0, 0.1) is 5.92 Å². The maximum Gasteiger partial charge on any atom is 0.330 e. The zero-order chi connectivity index (χ0) is 24.4. The minimum absolute atomic E-state index is 0.227. The monoisotopic (exact) mass is 481 g/mol. The third-order valence-corrected chi connectivity index (χ3v) is 5.46. The standard InChI is InChI=1S/C23H20ClN5O5/c1-13(2)20(29-21(31)15-5-3-4-6-16(15)22(29)32)23(33)34-10-19(30)27-17-9-14(24)7-8-18(17)28-12-25-11-26-28/h3-9,11-13,20H,10H2,1-2H3,(H,27,30)/t20-/m0/s1. The first-order chi connectivity index (χ1) is 16.3. The topological polar surface area (TPSA) is 123 Å². The Kier molecular flexibility index (Phi) is 6.42. The third kappa shape index (κ3) is 4.40.